The monoisotopic (exact) mass is 732 g/mol. The summed E-state index contributed by atoms with van der Waals surface area (Å²) in [6.45, 7) is 12.8. The molecule has 2 aromatic carbocycles. The summed E-state index contributed by atoms with van der Waals surface area (Å²) < 4.78 is 11.4. The Labute approximate surface area is 319 Å². The van der Waals surface area contributed by atoms with Crippen LogP contribution in [0.4, 0.5) is 9.59 Å². The third-order valence-corrected chi connectivity index (χ3v) is 11.8. The van der Waals surface area contributed by atoms with Gasteiger partial charge >= 0.3 is 12.2 Å². The Bertz CT molecular complexity index is 2010. The molecule has 4 aromatic rings. The molecule has 2 saturated heterocycles. The number of imidazole rings is 2. The average molecular weight is 733 g/mol. The number of nitrogens with one attached hydrogen (secondary N) is 2. The van der Waals surface area contributed by atoms with Crippen LogP contribution in [0.3, 0.4) is 0 Å². The molecule has 2 aromatic heterocycles. The summed E-state index contributed by atoms with van der Waals surface area (Å²) in [5.41, 5.74) is 8.90. The molecule has 3 fully saturated rings. The summed E-state index contributed by atoms with van der Waals surface area (Å²) in [5.74, 6) is 1.63. The van der Waals surface area contributed by atoms with Crippen molar-refractivity contribution in [3.63, 3.8) is 0 Å². The zero-order valence-electron chi connectivity index (χ0n) is 32.9. The van der Waals surface area contributed by atoms with Gasteiger partial charge in [-0.05, 0) is 126 Å². The van der Waals surface area contributed by atoms with Gasteiger partial charge in [0.15, 0.2) is 0 Å². The maximum atomic E-state index is 13.1. The topological polar surface area (TPSA) is 116 Å². The lowest BCUT2D eigenvalue weighted by Crippen LogP contribution is -2.36. The first-order valence-corrected chi connectivity index (χ1v) is 20.1. The molecule has 1 spiro atoms. The lowest BCUT2D eigenvalue weighted by atomic mass is 9.72. The number of hydrogen-bond donors (Lipinski definition) is 2. The Kier molecular flexibility index (Phi) is 9.37. The number of nitrogens with zero attached hydrogens (tertiary/aromatic N) is 4. The highest BCUT2D eigenvalue weighted by Gasteiger charge is 2.41. The van der Waals surface area contributed by atoms with Crippen molar-refractivity contribution >= 4 is 12.2 Å². The molecule has 2 amide bonds. The number of amides is 2. The van der Waals surface area contributed by atoms with Gasteiger partial charge in [0.05, 0.1) is 35.9 Å². The summed E-state index contributed by atoms with van der Waals surface area (Å²) in [4.78, 5) is 46.5. The van der Waals surface area contributed by atoms with Crippen molar-refractivity contribution in [2.75, 3.05) is 13.1 Å². The molecule has 2 aliphatic heterocycles. The third kappa shape index (κ3) is 7.28. The number of benzene rings is 2. The summed E-state index contributed by atoms with van der Waals surface area (Å²) >= 11 is 0. The minimum Gasteiger partial charge on any atom is -0.444 e. The highest BCUT2D eigenvalue weighted by Crippen LogP contribution is 2.52. The SMILES string of the molecule is CC(C)(C)OC(=O)N1CCC[C@H]1c1ncc(-c2ccc(-c3ccc(-c4cnc([C@@H]5CCCN5C(=O)OC(C)(C)C)[nH]4)c4c3CC3(CCCCC3)C4)cc2)[nH]1. The first-order chi connectivity index (χ1) is 25.8. The predicted octanol–water partition coefficient (Wildman–Crippen LogP) is 10.3. The molecule has 54 heavy (non-hydrogen) atoms. The second-order valence-electron chi connectivity index (χ2n) is 18.1. The molecule has 10 nitrogen and oxygen atoms in total. The summed E-state index contributed by atoms with van der Waals surface area (Å²) in [7, 11) is 0. The number of aromatic nitrogens is 4. The zero-order valence-corrected chi connectivity index (χ0v) is 32.9. The number of carbonyl (C=O) groups is 2. The van der Waals surface area contributed by atoms with E-state index in [2.05, 4.69) is 46.4 Å². The van der Waals surface area contributed by atoms with E-state index in [0.717, 1.165) is 67.1 Å². The van der Waals surface area contributed by atoms with Crippen LogP contribution in [0.5, 0.6) is 0 Å². The molecule has 0 radical (unpaired) electrons. The standard InChI is InChI=1S/C44H56N6O4/c1-42(2,3)53-40(51)49-22-10-12-36(49)38-45-26-34(47-38)29-16-14-28(15-17-29)30-18-19-31(33-25-44(24-32(30)33)20-8-7-9-21-44)35-27-46-39(48-35)37-13-11-23-50(37)41(52)54-43(4,5)6/h14-19,26-27,36-37H,7-13,20-25H2,1-6H3,(H,45,47)(H,46,48)/t36-,37-/m0/s1. The molecule has 286 valence electrons. The fourth-order valence-corrected chi connectivity index (χ4v) is 9.39. The van der Waals surface area contributed by atoms with Gasteiger partial charge in [-0.1, -0.05) is 55.7 Å². The molecule has 2 atom stereocenters. The minimum absolute atomic E-state index is 0.114. The van der Waals surface area contributed by atoms with Crippen LogP contribution in [0.25, 0.3) is 33.6 Å². The van der Waals surface area contributed by atoms with Crippen molar-refractivity contribution < 1.29 is 19.1 Å². The van der Waals surface area contributed by atoms with Crippen LogP contribution in [-0.4, -0.2) is 66.2 Å². The Hall–Kier alpha value is -4.60. The number of rotatable bonds is 5. The van der Waals surface area contributed by atoms with Crippen LogP contribution in [0.15, 0.2) is 48.8 Å². The molecule has 8 rings (SSSR count). The molecule has 4 aliphatic rings. The normalized spacial score (nSPS) is 21.1. The van der Waals surface area contributed by atoms with Crippen LogP contribution in [-0.2, 0) is 22.3 Å². The van der Waals surface area contributed by atoms with Crippen LogP contribution >= 0.6 is 0 Å². The Morgan fingerprint density at radius 3 is 1.69 bits per heavy atom. The quantitative estimate of drug-likeness (QED) is 0.211. The van der Waals surface area contributed by atoms with Gasteiger partial charge in [-0.2, -0.15) is 0 Å². The number of ether oxygens (including phenoxy) is 2. The number of hydrogen-bond acceptors (Lipinski definition) is 6. The molecule has 4 heterocycles. The zero-order chi connectivity index (χ0) is 37.8. The lowest BCUT2D eigenvalue weighted by molar-refractivity contribution is 0.0208. The van der Waals surface area contributed by atoms with Crippen molar-refractivity contribution in [2.45, 2.75) is 135 Å². The van der Waals surface area contributed by atoms with Gasteiger partial charge in [0.2, 0.25) is 0 Å². The van der Waals surface area contributed by atoms with E-state index in [1.807, 2.05) is 58.8 Å². The van der Waals surface area contributed by atoms with Gasteiger partial charge in [-0.15, -0.1) is 0 Å². The molecular weight excluding hydrogens is 677 g/mol. The van der Waals surface area contributed by atoms with Gasteiger partial charge in [0.1, 0.15) is 22.9 Å². The number of H-pyrrole nitrogens is 2. The predicted molar refractivity (Wildman–Crippen MR) is 210 cm³/mol. The first-order valence-electron chi connectivity index (χ1n) is 20.1. The number of fused-ring (bicyclic) bond motifs is 1. The van der Waals surface area contributed by atoms with Crippen LogP contribution in [0.1, 0.15) is 134 Å². The third-order valence-electron chi connectivity index (χ3n) is 11.8. The maximum absolute atomic E-state index is 13.1. The van der Waals surface area contributed by atoms with Crippen molar-refractivity contribution in [1.82, 2.24) is 29.7 Å². The summed E-state index contributed by atoms with van der Waals surface area (Å²) in [6, 6.07) is 13.2. The van der Waals surface area contributed by atoms with E-state index in [-0.39, 0.29) is 24.3 Å². The van der Waals surface area contributed by atoms with Gasteiger partial charge in [-0.25, -0.2) is 19.6 Å². The fraction of sp³-hybridized carbons (Fsp3) is 0.545. The second kappa shape index (κ2) is 13.9. The Morgan fingerprint density at radius 2 is 1.13 bits per heavy atom. The average Bonchev–Trinajstić information content (AvgIpc) is 3.95. The molecule has 0 bridgehead atoms. The molecule has 2 N–H and O–H groups in total. The maximum Gasteiger partial charge on any atom is 0.410 e. The highest BCUT2D eigenvalue weighted by molar-refractivity contribution is 5.79. The summed E-state index contributed by atoms with van der Waals surface area (Å²) in [5, 5.41) is 0. The number of carbonyl (C=O) groups excluding carboxylic acids is 2. The van der Waals surface area contributed by atoms with Crippen molar-refractivity contribution in [1.29, 1.82) is 0 Å². The number of aromatic amines is 2. The Morgan fingerprint density at radius 1 is 0.648 bits per heavy atom. The fourth-order valence-electron chi connectivity index (χ4n) is 9.39. The van der Waals surface area contributed by atoms with Gasteiger partial charge in [0, 0.05) is 18.7 Å². The smallest absolute Gasteiger partial charge is 0.410 e. The van der Waals surface area contributed by atoms with E-state index in [0.29, 0.717) is 18.5 Å². The Balaban J connectivity index is 1.06. The van der Waals surface area contributed by atoms with Gasteiger partial charge in [-0.3, -0.25) is 9.80 Å². The largest absolute Gasteiger partial charge is 0.444 e. The molecule has 1 saturated carbocycles. The van der Waals surface area contributed by atoms with Gasteiger partial charge < -0.3 is 19.4 Å². The lowest BCUT2D eigenvalue weighted by Gasteiger charge is -2.33. The molecular formula is C44H56N6O4. The summed E-state index contributed by atoms with van der Waals surface area (Å²) in [6.07, 6.45) is 15.5. The first kappa shape index (κ1) is 36.4. The number of likely N-dealkylation sites (tertiary alicyclic amines) is 2. The van der Waals surface area contributed by atoms with Crippen LogP contribution in [0, 0.1) is 5.41 Å². The van der Waals surface area contributed by atoms with Crippen molar-refractivity contribution in [2.24, 2.45) is 5.41 Å². The van der Waals surface area contributed by atoms with Crippen molar-refractivity contribution in [3.05, 3.63) is 71.6 Å². The van der Waals surface area contributed by atoms with E-state index < -0.39 is 11.2 Å². The van der Waals surface area contributed by atoms with Crippen molar-refractivity contribution in [3.8, 4) is 33.6 Å². The van der Waals surface area contributed by atoms with Crippen LogP contribution < -0.4 is 0 Å². The van der Waals surface area contributed by atoms with E-state index in [9.17, 15) is 9.59 Å². The molecule has 2 aliphatic carbocycles. The highest BCUT2D eigenvalue weighted by atomic mass is 16.6. The van der Waals surface area contributed by atoms with E-state index >= 15 is 0 Å². The molecule has 10 heteroatoms. The minimum atomic E-state index is -0.541. The van der Waals surface area contributed by atoms with E-state index in [1.165, 1.54) is 59.9 Å². The second-order valence-corrected chi connectivity index (χ2v) is 18.1. The van der Waals surface area contributed by atoms with Crippen LogP contribution in [0.2, 0.25) is 0 Å². The molecule has 0 unspecified atom stereocenters. The van der Waals surface area contributed by atoms with E-state index in [1.54, 1.807) is 4.90 Å². The van der Waals surface area contributed by atoms with E-state index in [4.69, 9.17) is 19.4 Å². The van der Waals surface area contributed by atoms with Gasteiger partial charge in [0.25, 0.3) is 0 Å².